The van der Waals surface area contributed by atoms with Crippen LogP contribution in [0.4, 0.5) is 5.82 Å². The van der Waals surface area contributed by atoms with Crippen molar-refractivity contribution in [2.24, 2.45) is 7.05 Å². The topological polar surface area (TPSA) is 68.5 Å². The number of aryl methyl sites for hydroxylation is 1. The highest BCUT2D eigenvalue weighted by molar-refractivity contribution is 9.11. The van der Waals surface area contributed by atoms with E-state index in [9.17, 15) is 0 Å². The predicted octanol–water partition coefficient (Wildman–Crippen LogP) is 2.19. The summed E-state index contributed by atoms with van der Waals surface area (Å²) in [5, 5.41) is 11.2. The molecule has 0 atom stereocenters. The molecule has 0 aromatic carbocycles. The first kappa shape index (κ1) is 11.5. The van der Waals surface area contributed by atoms with Crippen molar-refractivity contribution in [3.8, 4) is 0 Å². The van der Waals surface area contributed by atoms with Crippen LogP contribution in [0.1, 0.15) is 4.88 Å². The molecule has 3 heterocycles. The number of anilines is 1. The van der Waals surface area contributed by atoms with Crippen LogP contribution in [-0.4, -0.2) is 25.0 Å². The lowest BCUT2D eigenvalue weighted by atomic mass is 10.4. The largest absolute Gasteiger partial charge is 0.363 e. The van der Waals surface area contributed by atoms with E-state index in [1.165, 1.54) is 11.2 Å². The van der Waals surface area contributed by atoms with Crippen molar-refractivity contribution in [2.45, 2.75) is 6.54 Å². The zero-order chi connectivity index (χ0) is 12.5. The summed E-state index contributed by atoms with van der Waals surface area (Å²) in [4.78, 5) is 9.56. The van der Waals surface area contributed by atoms with Crippen molar-refractivity contribution >= 4 is 44.2 Å². The third kappa shape index (κ3) is 2.08. The highest BCUT2D eigenvalue weighted by Crippen LogP contribution is 2.23. The van der Waals surface area contributed by atoms with Crippen molar-refractivity contribution in [2.75, 3.05) is 5.32 Å². The number of aromatic nitrogens is 5. The second-order valence-electron chi connectivity index (χ2n) is 3.67. The molecular weight excluding hydrogens is 316 g/mol. The van der Waals surface area contributed by atoms with Crippen LogP contribution in [0.5, 0.6) is 0 Å². The highest BCUT2D eigenvalue weighted by Gasteiger charge is 2.09. The van der Waals surface area contributed by atoms with Crippen molar-refractivity contribution < 1.29 is 0 Å². The van der Waals surface area contributed by atoms with Crippen LogP contribution in [0.3, 0.4) is 0 Å². The van der Waals surface area contributed by atoms with Gasteiger partial charge in [-0.25, -0.2) is 14.6 Å². The smallest absolute Gasteiger partial charge is 0.183 e. The number of hydrogen-bond acceptors (Lipinski definition) is 6. The maximum Gasteiger partial charge on any atom is 0.183 e. The second kappa shape index (κ2) is 4.62. The average Bonchev–Trinajstić information content (AvgIpc) is 2.94. The maximum atomic E-state index is 4.20. The molecule has 18 heavy (non-hydrogen) atoms. The summed E-state index contributed by atoms with van der Waals surface area (Å²) in [5.41, 5.74) is 1.41. The van der Waals surface area contributed by atoms with Crippen LogP contribution < -0.4 is 5.32 Å². The van der Waals surface area contributed by atoms with E-state index >= 15 is 0 Å². The number of halogens is 1. The molecule has 3 aromatic heterocycles. The zero-order valence-corrected chi connectivity index (χ0v) is 11.9. The third-order valence-electron chi connectivity index (χ3n) is 2.45. The van der Waals surface area contributed by atoms with E-state index in [-0.39, 0.29) is 0 Å². The summed E-state index contributed by atoms with van der Waals surface area (Å²) < 4.78 is 2.75. The Kier molecular flexibility index (Phi) is 2.96. The van der Waals surface area contributed by atoms with Gasteiger partial charge in [-0.15, -0.1) is 16.4 Å². The first-order valence-electron chi connectivity index (χ1n) is 5.22. The van der Waals surface area contributed by atoms with Crippen LogP contribution in [0.15, 0.2) is 22.2 Å². The lowest BCUT2D eigenvalue weighted by Crippen LogP contribution is -2.01. The normalized spacial score (nSPS) is 11.0. The summed E-state index contributed by atoms with van der Waals surface area (Å²) in [5.74, 6) is 0.706. The number of nitrogens with one attached hydrogen (secondary N) is 1. The van der Waals surface area contributed by atoms with Crippen LogP contribution in [-0.2, 0) is 13.6 Å². The van der Waals surface area contributed by atoms with E-state index < -0.39 is 0 Å². The quantitative estimate of drug-likeness (QED) is 0.799. The van der Waals surface area contributed by atoms with E-state index in [1.807, 2.05) is 13.1 Å². The molecule has 0 aliphatic heterocycles. The molecule has 0 amide bonds. The number of hydrogen-bond donors (Lipinski definition) is 1. The van der Waals surface area contributed by atoms with Crippen molar-refractivity contribution in [1.29, 1.82) is 0 Å². The standard InChI is InChI=1S/C10H9BrN6S/c1-17-10-8(15-16-17)9(13-5-14-10)12-4-6-2-3-7(11)18-6/h2-3,5H,4H2,1H3,(H,12,13,14). The van der Waals surface area contributed by atoms with Gasteiger partial charge in [0.05, 0.1) is 10.3 Å². The molecule has 0 bridgehead atoms. The summed E-state index contributed by atoms with van der Waals surface area (Å²) >= 11 is 5.13. The van der Waals surface area contributed by atoms with Gasteiger partial charge in [-0.2, -0.15) is 0 Å². The summed E-state index contributed by atoms with van der Waals surface area (Å²) in [7, 11) is 1.81. The molecule has 92 valence electrons. The van der Waals surface area contributed by atoms with Gasteiger partial charge in [0, 0.05) is 11.9 Å². The van der Waals surface area contributed by atoms with Gasteiger partial charge in [-0.3, -0.25) is 0 Å². The average molecular weight is 325 g/mol. The van der Waals surface area contributed by atoms with Crippen LogP contribution in [0.25, 0.3) is 11.2 Å². The number of nitrogens with zero attached hydrogens (tertiary/aromatic N) is 5. The third-order valence-corrected chi connectivity index (χ3v) is 4.07. The molecule has 1 N–H and O–H groups in total. The van der Waals surface area contributed by atoms with Gasteiger partial charge >= 0.3 is 0 Å². The van der Waals surface area contributed by atoms with Gasteiger partial charge in [-0.1, -0.05) is 5.21 Å². The molecule has 0 radical (unpaired) electrons. The van der Waals surface area contributed by atoms with Gasteiger partial charge in [0.1, 0.15) is 6.33 Å². The lowest BCUT2D eigenvalue weighted by molar-refractivity contribution is 0.729. The molecule has 3 rings (SSSR count). The van der Waals surface area contributed by atoms with E-state index in [1.54, 1.807) is 16.0 Å². The summed E-state index contributed by atoms with van der Waals surface area (Å²) in [6.45, 7) is 0.707. The summed E-state index contributed by atoms with van der Waals surface area (Å²) in [6.07, 6.45) is 1.51. The molecule has 0 spiro atoms. The van der Waals surface area contributed by atoms with E-state index in [0.717, 1.165) is 9.43 Å². The molecule has 0 fully saturated rings. The predicted molar refractivity (Wildman–Crippen MR) is 73.4 cm³/mol. The van der Waals surface area contributed by atoms with Gasteiger partial charge in [0.2, 0.25) is 0 Å². The summed E-state index contributed by atoms with van der Waals surface area (Å²) in [6, 6.07) is 4.09. The van der Waals surface area contributed by atoms with Gasteiger partial charge in [0.25, 0.3) is 0 Å². The minimum Gasteiger partial charge on any atom is -0.363 e. The molecule has 0 saturated carbocycles. The minimum atomic E-state index is 0.690. The second-order valence-corrected chi connectivity index (χ2v) is 6.21. The van der Waals surface area contributed by atoms with Gasteiger partial charge in [0.15, 0.2) is 17.0 Å². The Morgan fingerprint density at radius 3 is 3.06 bits per heavy atom. The molecule has 6 nitrogen and oxygen atoms in total. The zero-order valence-electron chi connectivity index (χ0n) is 9.46. The fourth-order valence-corrected chi connectivity index (χ4v) is 3.02. The van der Waals surface area contributed by atoms with E-state index in [2.05, 4.69) is 47.6 Å². The van der Waals surface area contributed by atoms with Crippen LogP contribution >= 0.6 is 27.3 Å². The number of rotatable bonds is 3. The van der Waals surface area contributed by atoms with Crippen LogP contribution in [0, 0.1) is 0 Å². The fraction of sp³-hybridized carbons (Fsp3) is 0.200. The van der Waals surface area contributed by atoms with Gasteiger partial charge in [-0.05, 0) is 28.1 Å². The molecule has 3 aromatic rings. The lowest BCUT2D eigenvalue weighted by Gasteiger charge is -2.03. The van der Waals surface area contributed by atoms with Crippen molar-refractivity contribution in [1.82, 2.24) is 25.0 Å². The molecule has 0 saturated heterocycles. The Bertz CT molecular complexity index is 691. The Labute approximate surface area is 115 Å². The molecule has 0 unspecified atom stereocenters. The minimum absolute atomic E-state index is 0.690. The Morgan fingerprint density at radius 2 is 2.28 bits per heavy atom. The SMILES string of the molecule is Cn1nnc2c(NCc3ccc(Br)s3)ncnc21. The first-order chi connectivity index (χ1) is 8.74. The monoisotopic (exact) mass is 324 g/mol. The van der Waals surface area contributed by atoms with Crippen molar-refractivity contribution in [3.05, 3.63) is 27.1 Å². The van der Waals surface area contributed by atoms with E-state index in [4.69, 9.17) is 0 Å². The number of thiophene rings is 1. The van der Waals surface area contributed by atoms with E-state index in [0.29, 0.717) is 17.9 Å². The van der Waals surface area contributed by atoms with Crippen molar-refractivity contribution in [3.63, 3.8) is 0 Å². The number of fused-ring (bicyclic) bond motifs is 1. The highest BCUT2D eigenvalue weighted by atomic mass is 79.9. The fourth-order valence-electron chi connectivity index (χ4n) is 1.60. The Balaban J connectivity index is 1.86. The Morgan fingerprint density at radius 1 is 1.39 bits per heavy atom. The molecular formula is C10H9BrN6S. The van der Waals surface area contributed by atoms with Crippen LogP contribution in [0.2, 0.25) is 0 Å². The maximum absolute atomic E-state index is 4.20. The molecule has 0 aliphatic carbocycles. The Hall–Kier alpha value is -1.54. The molecule has 8 heteroatoms. The first-order valence-corrected chi connectivity index (χ1v) is 6.83. The van der Waals surface area contributed by atoms with Gasteiger partial charge < -0.3 is 5.32 Å². The molecule has 0 aliphatic rings.